The second-order valence-electron chi connectivity index (χ2n) is 5.15. The van der Waals surface area contributed by atoms with Crippen LogP contribution in [0, 0.1) is 0 Å². The number of thiocarbonyl (C=S) groups is 1. The van der Waals surface area contributed by atoms with E-state index in [1.54, 1.807) is 42.5 Å². The first-order chi connectivity index (χ1) is 12.6. The molecule has 4 nitrogen and oxygen atoms in total. The zero-order valence-electron chi connectivity index (χ0n) is 13.2. The Hall–Kier alpha value is -0.470. The third-order valence-electron chi connectivity index (χ3n) is 3.19. The molecule has 0 aliphatic heterocycles. The van der Waals surface area contributed by atoms with Crippen LogP contribution in [0.15, 0.2) is 46.9 Å². The van der Waals surface area contributed by atoms with Gasteiger partial charge in [0.25, 0.3) is 5.91 Å². The third-order valence-corrected chi connectivity index (χ3v) is 5.22. The lowest BCUT2D eigenvalue weighted by Crippen LogP contribution is -2.56. The summed E-state index contributed by atoms with van der Waals surface area (Å²) in [6, 6.07) is 11.6. The van der Waals surface area contributed by atoms with Crippen molar-refractivity contribution in [2.75, 3.05) is 5.32 Å². The van der Waals surface area contributed by atoms with Crippen LogP contribution in [0.2, 0.25) is 10.0 Å². The number of para-hydroxylation sites is 1. The van der Waals surface area contributed by atoms with E-state index in [1.807, 2.05) is 0 Å². The van der Waals surface area contributed by atoms with E-state index >= 15 is 0 Å². The second-order valence-corrected chi connectivity index (χ2v) is 9.66. The summed E-state index contributed by atoms with van der Waals surface area (Å²) in [5.41, 5.74) is 0.771. The molecule has 27 heavy (non-hydrogen) atoms. The fourth-order valence-electron chi connectivity index (χ4n) is 1.91. The zero-order chi connectivity index (χ0) is 20.2. The molecule has 2 aromatic carbocycles. The molecular weight excluding hydrogens is 539 g/mol. The van der Waals surface area contributed by atoms with E-state index in [9.17, 15) is 4.79 Å². The minimum Gasteiger partial charge on any atom is -0.339 e. The standard InChI is InChI=1S/C16H11BrCl5N3OS/c17-9-6-4-8(5-7-9)13(26)24-14(16(20,21)22)25-15(27)23-12-10(18)2-1-3-11(12)19/h1-7,14H,(H,24,26)(H2,23,25,27)/t14-/m1/s1. The number of anilines is 1. The first-order valence-corrected chi connectivity index (χ1v) is 10.3. The minimum atomic E-state index is -1.89. The SMILES string of the molecule is O=C(N[C@H](NC(=S)Nc1c(Cl)cccc1Cl)C(Cl)(Cl)Cl)c1ccc(Br)cc1. The predicted molar refractivity (Wildman–Crippen MR) is 122 cm³/mol. The molecule has 2 aromatic rings. The number of rotatable bonds is 4. The van der Waals surface area contributed by atoms with Gasteiger partial charge in [0.1, 0.15) is 6.17 Å². The van der Waals surface area contributed by atoms with Gasteiger partial charge in [-0.05, 0) is 48.6 Å². The van der Waals surface area contributed by atoms with Crippen molar-refractivity contribution in [3.05, 3.63) is 62.5 Å². The van der Waals surface area contributed by atoms with Crippen molar-refractivity contribution in [2.24, 2.45) is 0 Å². The number of benzene rings is 2. The molecule has 0 aliphatic carbocycles. The number of amides is 1. The lowest BCUT2D eigenvalue weighted by Gasteiger charge is -2.28. The van der Waals surface area contributed by atoms with Gasteiger partial charge < -0.3 is 16.0 Å². The highest BCUT2D eigenvalue weighted by atomic mass is 79.9. The van der Waals surface area contributed by atoms with E-state index in [0.717, 1.165) is 4.47 Å². The van der Waals surface area contributed by atoms with Crippen molar-refractivity contribution in [3.8, 4) is 0 Å². The Kier molecular flexibility index (Phi) is 8.31. The van der Waals surface area contributed by atoms with Gasteiger partial charge in [-0.3, -0.25) is 4.79 Å². The molecule has 0 radical (unpaired) electrons. The maximum absolute atomic E-state index is 12.4. The van der Waals surface area contributed by atoms with Crippen molar-refractivity contribution in [1.29, 1.82) is 0 Å². The zero-order valence-corrected chi connectivity index (χ0v) is 19.4. The molecule has 2 rings (SSSR count). The van der Waals surface area contributed by atoms with Crippen LogP contribution in [-0.4, -0.2) is 21.0 Å². The van der Waals surface area contributed by atoms with Gasteiger partial charge in [0, 0.05) is 10.0 Å². The summed E-state index contributed by atoms with van der Waals surface area (Å²) in [4.78, 5) is 12.4. The molecule has 0 spiro atoms. The molecule has 1 atom stereocenters. The quantitative estimate of drug-likeness (QED) is 0.242. The summed E-state index contributed by atoms with van der Waals surface area (Å²) in [5.74, 6) is -0.454. The highest BCUT2D eigenvalue weighted by molar-refractivity contribution is 9.10. The molecule has 0 saturated carbocycles. The third kappa shape index (κ3) is 6.82. The fourth-order valence-corrected chi connectivity index (χ4v) is 3.22. The average Bonchev–Trinajstić information content (AvgIpc) is 2.57. The maximum Gasteiger partial charge on any atom is 0.252 e. The van der Waals surface area contributed by atoms with Crippen LogP contribution in [-0.2, 0) is 0 Å². The van der Waals surface area contributed by atoms with Crippen LogP contribution >= 0.6 is 86.2 Å². The van der Waals surface area contributed by atoms with Crippen LogP contribution in [0.4, 0.5) is 5.69 Å². The van der Waals surface area contributed by atoms with E-state index in [1.165, 1.54) is 0 Å². The molecule has 3 N–H and O–H groups in total. The highest BCUT2D eigenvalue weighted by Crippen LogP contribution is 2.31. The predicted octanol–water partition coefficient (Wildman–Crippen LogP) is 6.17. The van der Waals surface area contributed by atoms with Gasteiger partial charge >= 0.3 is 0 Å². The van der Waals surface area contributed by atoms with Crippen LogP contribution in [0.5, 0.6) is 0 Å². The molecule has 0 heterocycles. The first-order valence-electron chi connectivity index (χ1n) is 7.22. The molecule has 11 heteroatoms. The summed E-state index contributed by atoms with van der Waals surface area (Å²) in [6.45, 7) is 0. The molecule has 144 valence electrons. The van der Waals surface area contributed by atoms with Gasteiger partial charge in [-0.1, -0.05) is 80.0 Å². The number of carbonyl (C=O) groups is 1. The summed E-state index contributed by atoms with van der Waals surface area (Å²) in [6.07, 6.45) is -1.13. The Balaban J connectivity index is 2.11. The number of alkyl halides is 3. The van der Waals surface area contributed by atoms with E-state index in [0.29, 0.717) is 21.3 Å². The van der Waals surface area contributed by atoms with Crippen molar-refractivity contribution in [1.82, 2.24) is 10.6 Å². The Morgan fingerprint density at radius 3 is 2.07 bits per heavy atom. The topological polar surface area (TPSA) is 53.2 Å². The second kappa shape index (κ2) is 9.83. The molecule has 0 saturated heterocycles. The lowest BCUT2D eigenvalue weighted by molar-refractivity contribution is 0.0934. The summed E-state index contributed by atoms with van der Waals surface area (Å²) < 4.78 is -1.06. The number of nitrogens with one attached hydrogen (secondary N) is 3. The summed E-state index contributed by atoms with van der Waals surface area (Å²) in [7, 11) is 0. The highest BCUT2D eigenvalue weighted by Gasteiger charge is 2.35. The van der Waals surface area contributed by atoms with E-state index in [4.69, 9.17) is 70.2 Å². The first kappa shape index (κ1) is 22.8. The van der Waals surface area contributed by atoms with E-state index < -0.39 is 15.9 Å². The number of halogens is 6. The lowest BCUT2D eigenvalue weighted by atomic mass is 10.2. The normalized spacial score (nSPS) is 12.2. The Labute approximate surface area is 195 Å². The van der Waals surface area contributed by atoms with E-state index in [2.05, 4.69) is 31.9 Å². The summed E-state index contributed by atoms with van der Waals surface area (Å²) >= 11 is 38.6. The number of hydrogen-bond donors (Lipinski definition) is 3. The Morgan fingerprint density at radius 1 is 1.00 bits per heavy atom. The average molecular weight is 551 g/mol. The van der Waals surface area contributed by atoms with Gasteiger partial charge in [0.15, 0.2) is 5.11 Å². The van der Waals surface area contributed by atoms with Crippen LogP contribution < -0.4 is 16.0 Å². The molecule has 0 bridgehead atoms. The number of carbonyl (C=O) groups excluding carboxylic acids is 1. The van der Waals surface area contributed by atoms with Crippen molar-refractivity contribution in [3.63, 3.8) is 0 Å². The van der Waals surface area contributed by atoms with E-state index in [-0.39, 0.29) is 5.11 Å². The van der Waals surface area contributed by atoms with Crippen molar-refractivity contribution < 1.29 is 4.79 Å². The molecule has 1 amide bonds. The van der Waals surface area contributed by atoms with Gasteiger partial charge in [-0.25, -0.2) is 0 Å². The van der Waals surface area contributed by atoms with Gasteiger partial charge in [0.05, 0.1) is 15.7 Å². The minimum absolute atomic E-state index is 0.0532. The molecule has 0 unspecified atom stereocenters. The smallest absolute Gasteiger partial charge is 0.252 e. The Morgan fingerprint density at radius 2 is 1.56 bits per heavy atom. The van der Waals surface area contributed by atoms with Crippen molar-refractivity contribution in [2.45, 2.75) is 9.96 Å². The summed E-state index contributed by atoms with van der Waals surface area (Å²) in [5, 5.41) is 8.91. The monoisotopic (exact) mass is 547 g/mol. The number of hydrogen-bond acceptors (Lipinski definition) is 2. The molecular formula is C16H11BrCl5N3OS. The van der Waals surface area contributed by atoms with Crippen molar-refractivity contribution >= 4 is 103 Å². The largest absolute Gasteiger partial charge is 0.339 e. The maximum atomic E-state index is 12.4. The fraction of sp³-hybridized carbons (Fsp3) is 0.125. The van der Waals surface area contributed by atoms with Gasteiger partial charge in [-0.2, -0.15) is 0 Å². The van der Waals surface area contributed by atoms with Crippen LogP contribution in [0.3, 0.4) is 0 Å². The molecule has 0 aromatic heterocycles. The molecule has 0 fully saturated rings. The van der Waals surface area contributed by atoms with Crippen LogP contribution in [0.1, 0.15) is 10.4 Å². The van der Waals surface area contributed by atoms with Gasteiger partial charge in [0.2, 0.25) is 3.79 Å². The van der Waals surface area contributed by atoms with Gasteiger partial charge in [-0.15, -0.1) is 0 Å². The Bertz CT molecular complexity index is 825. The molecule has 0 aliphatic rings. The van der Waals surface area contributed by atoms with Crippen LogP contribution in [0.25, 0.3) is 0 Å².